The van der Waals surface area contributed by atoms with Crippen molar-refractivity contribution in [3.8, 4) is 0 Å². The van der Waals surface area contributed by atoms with E-state index in [9.17, 15) is 18.0 Å². The SMILES string of the molecule is CCOC(=O)c1ccc(NC(=O)c2ccc(N(C)S(C)(=O)=O)cc2)cc1. The summed E-state index contributed by atoms with van der Waals surface area (Å²) < 4.78 is 29.1. The molecule has 26 heavy (non-hydrogen) atoms. The third-order valence-electron chi connectivity index (χ3n) is 3.64. The minimum Gasteiger partial charge on any atom is -0.462 e. The molecule has 0 atom stereocenters. The molecule has 0 aliphatic rings. The standard InChI is InChI=1S/C18H20N2O5S/c1-4-25-18(22)14-5-9-15(10-6-14)19-17(21)13-7-11-16(12-8-13)20(2)26(3,23)24/h5-12H,4H2,1-3H3,(H,19,21). The Balaban J connectivity index is 2.07. The summed E-state index contributed by atoms with van der Waals surface area (Å²) in [5.41, 5.74) is 1.77. The van der Waals surface area contributed by atoms with Crippen molar-refractivity contribution in [1.29, 1.82) is 0 Å². The number of hydrogen-bond donors (Lipinski definition) is 1. The van der Waals surface area contributed by atoms with E-state index >= 15 is 0 Å². The quantitative estimate of drug-likeness (QED) is 0.782. The fourth-order valence-corrected chi connectivity index (χ4v) is 2.63. The molecule has 0 aliphatic heterocycles. The number of benzene rings is 2. The van der Waals surface area contributed by atoms with Gasteiger partial charge in [0.2, 0.25) is 10.0 Å². The van der Waals surface area contributed by atoms with Crippen LogP contribution in [-0.2, 0) is 14.8 Å². The maximum atomic E-state index is 12.3. The van der Waals surface area contributed by atoms with Crippen LogP contribution in [0.1, 0.15) is 27.6 Å². The van der Waals surface area contributed by atoms with Crippen LogP contribution in [0.15, 0.2) is 48.5 Å². The Bertz CT molecular complexity index is 890. The van der Waals surface area contributed by atoms with Crippen molar-refractivity contribution in [2.24, 2.45) is 0 Å². The molecule has 7 nitrogen and oxygen atoms in total. The Morgan fingerprint density at radius 1 is 1.00 bits per heavy atom. The minimum absolute atomic E-state index is 0.293. The highest BCUT2D eigenvalue weighted by molar-refractivity contribution is 7.92. The summed E-state index contributed by atoms with van der Waals surface area (Å²) in [7, 11) is -1.92. The summed E-state index contributed by atoms with van der Waals surface area (Å²) in [6, 6.07) is 12.5. The molecule has 0 bridgehead atoms. The molecule has 0 heterocycles. The lowest BCUT2D eigenvalue weighted by Gasteiger charge is -2.16. The van der Waals surface area contributed by atoms with Gasteiger partial charge in [0.1, 0.15) is 0 Å². The zero-order valence-electron chi connectivity index (χ0n) is 14.7. The number of rotatable bonds is 6. The molecule has 0 radical (unpaired) electrons. The molecule has 0 aromatic heterocycles. The zero-order chi connectivity index (χ0) is 19.3. The Morgan fingerprint density at radius 2 is 1.54 bits per heavy atom. The monoisotopic (exact) mass is 376 g/mol. The number of nitrogens with one attached hydrogen (secondary N) is 1. The summed E-state index contributed by atoms with van der Waals surface area (Å²) in [5, 5.41) is 2.71. The summed E-state index contributed by atoms with van der Waals surface area (Å²) in [4.78, 5) is 23.9. The number of amides is 1. The van der Waals surface area contributed by atoms with E-state index in [2.05, 4.69) is 5.32 Å². The van der Waals surface area contributed by atoms with Gasteiger partial charge in [-0.25, -0.2) is 13.2 Å². The molecule has 0 saturated heterocycles. The smallest absolute Gasteiger partial charge is 0.338 e. The van der Waals surface area contributed by atoms with Crippen LogP contribution in [0, 0.1) is 0 Å². The number of ether oxygens (including phenoxy) is 1. The highest BCUT2D eigenvalue weighted by Gasteiger charge is 2.13. The second-order valence-electron chi connectivity index (χ2n) is 5.53. The molecule has 0 unspecified atom stereocenters. The minimum atomic E-state index is -3.36. The summed E-state index contributed by atoms with van der Waals surface area (Å²) in [5.74, 6) is -0.765. The second-order valence-corrected chi connectivity index (χ2v) is 7.54. The lowest BCUT2D eigenvalue weighted by atomic mass is 10.1. The van der Waals surface area contributed by atoms with Gasteiger partial charge in [-0.3, -0.25) is 9.10 Å². The topological polar surface area (TPSA) is 92.8 Å². The molecule has 2 rings (SSSR count). The van der Waals surface area contributed by atoms with Crippen LogP contribution in [0.4, 0.5) is 11.4 Å². The number of hydrogen-bond acceptors (Lipinski definition) is 5. The van der Waals surface area contributed by atoms with Crippen LogP contribution in [0.25, 0.3) is 0 Å². The van der Waals surface area contributed by atoms with E-state index in [1.807, 2.05) is 0 Å². The fraction of sp³-hybridized carbons (Fsp3) is 0.222. The second kappa shape index (κ2) is 8.01. The van der Waals surface area contributed by atoms with Gasteiger partial charge in [0, 0.05) is 18.3 Å². The highest BCUT2D eigenvalue weighted by atomic mass is 32.2. The number of carbonyl (C=O) groups excluding carboxylic acids is 2. The lowest BCUT2D eigenvalue weighted by molar-refractivity contribution is 0.0526. The van der Waals surface area contributed by atoms with Gasteiger partial charge in [0.15, 0.2) is 0 Å². The van der Waals surface area contributed by atoms with Gasteiger partial charge in [-0.15, -0.1) is 0 Å². The van der Waals surface area contributed by atoms with Gasteiger partial charge in [-0.2, -0.15) is 0 Å². The van der Waals surface area contributed by atoms with Gasteiger partial charge >= 0.3 is 5.97 Å². The van der Waals surface area contributed by atoms with Crippen molar-refractivity contribution in [3.05, 3.63) is 59.7 Å². The number of sulfonamides is 1. The lowest BCUT2D eigenvalue weighted by Crippen LogP contribution is -2.24. The van der Waals surface area contributed by atoms with Gasteiger partial charge in [0.25, 0.3) is 5.91 Å². The normalized spacial score (nSPS) is 10.9. The molecule has 2 aromatic carbocycles. The molecule has 0 saturated carbocycles. The van der Waals surface area contributed by atoms with E-state index in [0.29, 0.717) is 29.1 Å². The Hall–Kier alpha value is -2.87. The third kappa shape index (κ3) is 4.82. The van der Waals surface area contributed by atoms with Crippen molar-refractivity contribution in [1.82, 2.24) is 0 Å². The number of nitrogens with zero attached hydrogens (tertiary/aromatic N) is 1. The first-order valence-corrected chi connectivity index (χ1v) is 9.69. The zero-order valence-corrected chi connectivity index (χ0v) is 15.5. The average molecular weight is 376 g/mol. The maximum absolute atomic E-state index is 12.3. The molecular formula is C18H20N2O5S. The predicted molar refractivity (Wildman–Crippen MR) is 100 cm³/mol. The highest BCUT2D eigenvalue weighted by Crippen LogP contribution is 2.18. The van der Waals surface area contributed by atoms with Gasteiger partial charge < -0.3 is 10.1 Å². The van der Waals surface area contributed by atoms with E-state index in [1.165, 1.54) is 7.05 Å². The molecule has 0 spiro atoms. The fourth-order valence-electron chi connectivity index (χ4n) is 2.12. The van der Waals surface area contributed by atoms with E-state index < -0.39 is 16.0 Å². The maximum Gasteiger partial charge on any atom is 0.338 e. The molecule has 0 fully saturated rings. The summed E-state index contributed by atoms with van der Waals surface area (Å²) in [6.07, 6.45) is 1.10. The molecule has 0 aliphatic carbocycles. The van der Waals surface area contributed by atoms with Gasteiger partial charge in [-0.05, 0) is 55.5 Å². The van der Waals surface area contributed by atoms with Crippen molar-refractivity contribution < 1.29 is 22.7 Å². The van der Waals surface area contributed by atoms with E-state index in [4.69, 9.17) is 4.74 Å². The number of anilines is 2. The first-order valence-electron chi connectivity index (χ1n) is 7.85. The molecule has 1 N–H and O–H groups in total. The van der Waals surface area contributed by atoms with Crippen LogP contribution in [0.5, 0.6) is 0 Å². The average Bonchev–Trinajstić information content (AvgIpc) is 2.61. The first kappa shape index (κ1) is 19.5. The predicted octanol–water partition coefficient (Wildman–Crippen LogP) is 2.51. The Kier molecular flexibility index (Phi) is 5.99. The summed E-state index contributed by atoms with van der Waals surface area (Å²) in [6.45, 7) is 2.02. The van der Waals surface area contributed by atoms with Gasteiger partial charge in [-0.1, -0.05) is 0 Å². The van der Waals surface area contributed by atoms with Crippen LogP contribution in [0.2, 0.25) is 0 Å². The third-order valence-corrected chi connectivity index (χ3v) is 4.85. The first-order chi connectivity index (χ1) is 12.2. The van der Waals surface area contributed by atoms with Crippen molar-refractivity contribution >= 4 is 33.3 Å². The van der Waals surface area contributed by atoms with Crippen LogP contribution >= 0.6 is 0 Å². The molecule has 1 amide bonds. The van der Waals surface area contributed by atoms with Crippen LogP contribution in [-0.4, -0.2) is 40.2 Å². The van der Waals surface area contributed by atoms with Crippen molar-refractivity contribution in [2.45, 2.75) is 6.92 Å². The van der Waals surface area contributed by atoms with E-state index in [0.717, 1.165) is 10.6 Å². The van der Waals surface area contributed by atoms with E-state index in [1.54, 1.807) is 55.5 Å². The van der Waals surface area contributed by atoms with Crippen molar-refractivity contribution in [2.75, 3.05) is 29.5 Å². The van der Waals surface area contributed by atoms with Crippen LogP contribution in [0.3, 0.4) is 0 Å². The molecule has 8 heteroatoms. The van der Waals surface area contributed by atoms with Crippen LogP contribution < -0.4 is 9.62 Å². The number of carbonyl (C=O) groups is 2. The Morgan fingerprint density at radius 3 is 2.04 bits per heavy atom. The molecule has 2 aromatic rings. The molecular weight excluding hydrogens is 356 g/mol. The largest absolute Gasteiger partial charge is 0.462 e. The van der Waals surface area contributed by atoms with Crippen molar-refractivity contribution in [3.63, 3.8) is 0 Å². The number of esters is 1. The summed E-state index contributed by atoms with van der Waals surface area (Å²) >= 11 is 0. The van der Waals surface area contributed by atoms with E-state index in [-0.39, 0.29) is 5.91 Å². The van der Waals surface area contributed by atoms with Gasteiger partial charge in [0.05, 0.1) is 24.1 Å². The Labute approximate surface area is 152 Å². The molecule has 138 valence electrons.